The summed E-state index contributed by atoms with van der Waals surface area (Å²) in [4.78, 5) is 4.78. The first-order chi connectivity index (χ1) is 9.00. The molecule has 20 heavy (non-hydrogen) atoms. The maximum absolute atomic E-state index is 6.21. The lowest BCUT2D eigenvalue weighted by molar-refractivity contribution is 0.554. The highest BCUT2D eigenvalue weighted by molar-refractivity contribution is 7.16. The van der Waals surface area contributed by atoms with Gasteiger partial charge in [0.1, 0.15) is 15.7 Å². The number of hydrogen-bond acceptors (Lipinski definition) is 4. The number of anilines is 1. The zero-order valence-electron chi connectivity index (χ0n) is 13.4. The standard InChI is InChI=1S/C15H24N4S/c1-14(2,3)11-9(8-19(7)18-11)10-12(16)20-13(17-10)15(4,5)6/h8H,16H2,1-7H3. The van der Waals surface area contributed by atoms with Crippen LogP contribution in [0.3, 0.4) is 0 Å². The summed E-state index contributed by atoms with van der Waals surface area (Å²) in [6.07, 6.45) is 2.01. The molecule has 2 rings (SSSR count). The Labute approximate surface area is 125 Å². The summed E-state index contributed by atoms with van der Waals surface area (Å²) in [5.41, 5.74) is 9.15. The topological polar surface area (TPSA) is 56.7 Å². The van der Waals surface area contributed by atoms with Crippen LogP contribution in [0.15, 0.2) is 6.20 Å². The maximum atomic E-state index is 6.21. The van der Waals surface area contributed by atoms with Gasteiger partial charge in [0.2, 0.25) is 0 Å². The third-order valence-electron chi connectivity index (χ3n) is 3.09. The van der Waals surface area contributed by atoms with Gasteiger partial charge in [0.25, 0.3) is 0 Å². The second kappa shape index (κ2) is 4.58. The summed E-state index contributed by atoms with van der Waals surface area (Å²) in [5.74, 6) is 0. The lowest BCUT2D eigenvalue weighted by Crippen LogP contribution is -2.14. The molecule has 0 saturated heterocycles. The Hall–Kier alpha value is -1.36. The molecule has 4 nitrogen and oxygen atoms in total. The van der Waals surface area contributed by atoms with Crippen molar-refractivity contribution < 1.29 is 0 Å². The number of aryl methyl sites for hydroxylation is 1. The molecule has 110 valence electrons. The fourth-order valence-electron chi connectivity index (χ4n) is 2.06. The lowest BCUT2D eigenvalue weighted by atomic mass is 9.89. The van der Waals surface area contributed by atoms with E-state index in [2.05, 4.69) is 46.6 Å². The van der Waals surface area contributed by atoms with E-state index in [1.54, 1.807) is 11.3 Å². The predicted molar refractivity (Wildman–Crippen MR) is 86.1 cm³/mol. The van der Waals surface area contributed by atoms with E-state index in [1.807, 2.05) is 17.9 Å². The van der Waals surface area contributed by atoms with Crippen LogP contribution in [0.25, 0.3) is 11.3 Å². The summed E-state index contributed by atoms with van der Waals surface area (Å²) in [6.45, 7) is 12.9. The highest BCUT2D eigenvalue weighted by Crippen LogP contribution is 2.39. The van der Waals surface area contributed by atoms with Crippen molar-refractivity contribution in [2.24, 2.45) is 7.05 Å². The van der Waals surface area contributed by atoms with E-state index in [0.29, 0.717) is 0 Å². The van der Waals surface area contributed by atoms with E-state index in [1.165, 1.54) is 0 Å². The van der Waals surface area contributed by atoms with Gasteiger partial charge in [-0.1, -0.05) is 41.5 Å². The predicted octanol–water partition coefficient (Wildman–Crippen LogP) is 3.72. The van der Waals surface area contributed by atoms with Crippen LogP contribution in [-0.4, -0.2) is 14.8 Å². The number of nitrogens with two attached hydrogens (primary N) is 1. The lowest BCUT2D eigenvalue weighted by Gasteiger charge is -2.17. The minimum absolute atomic E-state index is 0.0150. The molecule has 0 aliphatic heterocycles. The molecular weight excluding hydrogens is 268 g/mol. The van der Waals surface area contributed by atoms with Crippen LogP contribution in [-0.2, 0) is 17.9 Å². The smallest absolute Gasteiger partial charge is 0.114 e. The molecule has 2 N–H and O–H groups in total. The minimum Gasteiger partial charge on any atom is -0.389 e. The maximum Gasteiger partial charge on any atom is 0.114 e. The largest absolute Gasteiger partial charge is 0.389 e. The summed E-state index contributed by atoms with van der Waals surface area (Å²) in [7, 11) is 1.94. The van der Waals surface area contributed by atoms with E-state index < -0.39 is 0 Å². The molecule has 0 saturated carbocycles. The van der Waals surface area contributed by atoms with Gasteiger partial charge in [-0.2, -0.15) is 5.10 Å². The van der Waals surface area contributed by atoms with Gasteiger partial charge in [0.05, 0.1) is 5.69 Å². The second-order valence-corrected chi connectivity index (χ2v) is 8.33. The summed E-state index contributed by atoms with van der Waals surface area (Å²) in [5, 5.41) is 6.43. The monoisotopic (exact) mass is 292 g/mol. The number of nitrogen functional groups attached to an aromatic ring is 1. The summed E-state index contributed by atoms with van der Waals surface area (Å²) in [6, 6.07) is 0. The number of rotatable bonds is 1. The van der Waals surface area contributed by atoms with Crippen molar-refractivity contribution in [2.75, 3.05) is 5.73 Å². The van der Waals surface area contributed by atoms with Crippen LogP contribution in [0, 0.1) is 0 Å². The van der Waals surface area contributed by atoms with Gasteiger partial charge in [-0.05, 0) is 0 Å². The van der Waals surface area contributed by atoms with Crippen molar-refractivity contribution in [1.82, 2.24) is 14.8 Å². The SMILES string of the molecule is Cn1cc(-c2nc(C(C)(C)C)sc2N)c(C(C)(C)C)n1. The van der Waals surface area contributed by atoms with Crippen molar-refractivity contribution in [2.45, 2.75) is 52.4 Å². The molecule has 0 aliphatic carbocycles. The van der Waals surface area contributed by atoms with Gasteiger partial charge in [-0.25, -0.2) is 4.98 Å². The van der Waals surface area contributed by atoms with E-state index in [9.17, 15) is 0 Å². The molecule has 0 bridgehead atoms. The van der Waals surface area contributed by atoms with Crippen molar-refractivity contribution >= 4 is 16.3 Å². The molecule has 2 heterocycles. The normalized spacial score (nSPS) is 12.9. The highest BCUT2D eigenvalue weighted by atomic mass is 32.1. The molecule has 0 unspecified atom stereocenters. The number of nitrogens with zero attached hydrogens (tertiary/aromatic N) is 3. The second-order valence-electron chi connectivity index (χ2n) is 7.30. The van der Waals surface area contributed by atoms with Crippen LogP contribution in [0.5, 0.6) is 0 Å². The molecule has 0 atom stereocenters. The van der Waals surface area contributed by atoms with Crippen LogP contribution in [0.4, 0.5) is 5.00 Å². The minimum atomic E-state index is -0.0332. The van der Waals surface area contributed by atoms with E-state index >= 15 is 0 Å². The molecule has 5 heteroatoms. The molecule has 0 aliphatic rings. The van der Waals surface area contributed by atoms with Crippen LogP contribution in [0.2, 0.25) is 0 Å². The molecule has 2 aromatic heterocycles. The Morgan fingerprint density at radius 3 is 2.15 bits per heavy atom. The zero-order chi connectivity index (χ0) is 15.3. The average Bonchev–Trinajstić information content (AvgIpc) is 2.79. The van der Waals surface area contributed by atoms with E-state index in [-0.39, 0.29) is 10.8 Å². The van der Waals surface area contributed by atoms with Crippen LogP contribution in [0.1, 0.15) is 52.2 Å². The van der Waals surface area contributed by atoms with E-state index in [0.717, 1.165) is 27.0 Å². The Bertz CT molecular complexity index is 623. The Morgan fingerprint density at radius 2 is 1.70 bits per heavy atom. The van der Waals surface area contributed by atoms with Crippen molar-refractivity contribution in [1.29, 1.82) is 0 Å². The fraction of sp³-hybridized carbons (Fsp3) is 0.600. The van der Waals surface area contributed by atoms with Crippen molar-refractivity contribution in [3.63, 3.8) is 0 Å². The molecule has 0 amide bonds. The molecular formula is C15H24N4S. The third kappa shape index (κ3) is 2.73. The van der Waals surface area contributed by atoms with Gasteiger partial charge in [0.15, 0.2) is 0 Å². The number of hydrogen-bond donors (Lipinski definition) is 1. The third-order valence-corrected chi connectivity index (χ3v) is 4.40. The first-order valence-electron chi connectivity index (χ1n) is 6.81. The summed E-state index contributed by atoms with van der Waals surface area (Å²) >= 11 is 1.57. The quantitative estimate of drug-likeness (QED) is 0.871. The van der Waals surface area contributed by atoms with Crippen LogP contribution >= 0.6 is 11.3 Å². The molecule has 0 radical (unpaired) electrons. The number of thiazole rings is 1. The van der Waals surface area contributed by atoms with Crippen LogP contribution < -0.4 is 5.73 Å². The Balaban J connectivity index is 2.61. The fourth-order valence-corrected chi connectivity index (χ4v) is 2.97. The summed E-state index contributed by atoms with van der Waals surface area (Å²) < 4.78 is 1.84. The molecule has 0 spiro atoms. The van der Waals surface area contributed by atoms with Gasteiger partial charge < -0.3 is 5.73 Å². The first kappa shape index (κ1) is 15.0. The Kier molecular flexibility index (Phi) is 3.45. The molecule has 2 aromatic rings. The molecule has 0 aromatic carbocycles. The van der Waals surface area contributed by atoms with Gasteiger partial charge >= 0.3 is 0 Å². The van der Waals surface area contributed by atoms with Crippen molar-refractivity contribution in [3.05, 3.63) is 16.9 Å². The van der Waals surface area contributed by atoms with Gasteiger partial charge in [-0.15, -0.1) is 11.3 Å². The Morgan fingerprint density at radius 1 is 1.10 bits per heavy atom. The van der Waals surface area contributed by atoms with Crippen molar-refractivity contribution in [3.8, 4) is 11.3 Å². The average molecular weight is 292 g/mol. The van der Waals surface area contributed by atoms with Gasteiger partial charge in [0, 0.05) is 29.6 Å². The zero-order valence-corrected chi connectivity index (χ0v) is 14.2. The van der Waals surface area contributed by atoms with E-state index in [4.69, 9.17) is 10.7 Å². The molecule has 0 fully saturated rings. The first-order valence-corrected chi connectivity index (χ1v) is 7.63. The highest BCUT2D eigenvalue weighted by Gasteiger charge is 2.27. The number of aromatic nitrogens is 3. The van der Waals surface area contributed by atoms with Gasteiger partial charge in [-0.3, -0.25) is 4.68 Å².